The number of hydrogen-bond donors (Lipinski definition) is 0. The van der Waals surface area contributed by atoms with E-state index in [0.717, 1.165) is 27.8 Å². The van der Waals surface area contributed by atoms with Crippen molar-refractivity contribution in [2.45, 2.75) is 56.7 Å². The molecule has 2 aromatic rings. The quantitative estimate of drug-likeness (QED) is 0.349. The first-order valence-corrected chi connectivity index (χ1v) is 12.8. The minimum Gasteiger partial charge on any atom is -0.294 e. The largest absolute Gasteiger partial charge is 0.294 e. The van der Waals surface area contributed by atoms with E-state index in [9.17, 15) is 9.59 Å². The molecule has 5 nitrogen and oxygen atoms in total. The fourth-order valence-electron chi connectivity index (χ4n) is 4.23. The highest BCUT2D eigenvalue weighted by atomic mass is 35.5. The second-order valence-electron chi connectivity index (χ2n) is 8.65. The van der Waals surface area contributed by atoms with Crippen LogP contribution in [0, 0.1) is 5.41 Å². The van der Waals surface area contributed by atoms with Gasteiger partial charge in [0.05, 0.1) is 0 Å². The van der Waals surface area contributed by atoms with E-state index in [0.29, 0.717) is 33.6 Å². The number of aromatic nitrogens is 2. The molecule has 0 saturated carbocycles. The van der Waals surface area contributed by atoms with Crippen LogP contribution in [0.2, 0.25) is 10.0 Å². The first kappa shape index (κ1) is 22.8. The Morgan fingerprint density at radius 3 is 2.71 bits per heavy atom. The van der Waals surface area contributed by atoms with E-state index in [-0.39, 0.29) is 29.4 Å². The Morgan fingerprint density at radius 2 is 2.00 bits per heavy atom. The van der Waals surface area contributed by atoms with Gasteiger partial charge in [-0.2, -0.15) is 0 Å². The molecule has 1 aromatic carbocycles. The summed E-state index contributed by atoms with van der Waals surface area (Å²) in [7, 11) is 0. The van der Waals surface area contributed by atoms with Crippen molar-refractivity contribution in [2.75, 3.05) is 10.7 Å². The van der Waals surface area contributed by atoms with Gasteiger partial charge in [0.15, 0.2) is 10.1 Å². The molecule has 1 amide bonds. The summed E-state index contributed by atoms with van der Waals surface area (Å²) in [4.78, 5) is 28.4. The monoisotopic (exact) mass is 495 g/mol. The second kappa shape index (κ2) is 8.85. The van der Waals surface area contributed by atoms with Gasteiger partial charge in [0, 0.05) is 45.8 Å². The van der Waals surface area contributed by atoms with Gasteiger partial charge in [0.1, 0.15) is 0 Å². The van der Waals surface area contributed by atoms with Gasteiger partial charge in [-0.15, -0.1) is 10.2 Å². The molecule has 1 atom stereocenters. The Labute approximate surface area is 200 Å². The Hall–Kier alpha value is -1.41. The number of halogens is 2. The van der Waals surface area contributed by atoms with Crippen LogP contribution in [0.3, 0.4) is 0 Å². The topological polar surface area (TPSA) is 63.2 Å². The zero-order chi connectivity index (χ0) is 22.3. The minimum absolute atomic E-state index is 0.0601. The molecule has 2 aliphatic rings. The van der Waals surface area contributed by atoms with E-state index in [1.54, 1.807) is 28.8 Å². The van der Waals surface area contributed by atoms with Gasteiger partial charge in [-0.3, -0.25) is 14.5 Å². The minimum atomic E-state index is -0.381. The lowest BCUT2D eigenvalue weighted by atomic mass is 9.69. The molecule has 2 heterocycles. The molecular weight excluding hydrogens is 473 g/mol. The second-order valence-corrected chi connectivity index (χ2v) is 11.8. The third kappa shape index (κ3) is 4.56. The lowest BCUT2D eigenvalue weighted by Gasteiger charge is -2.42. The summed E-state index contributed by atoms with van der Waals surface area (Å²) in [5, 5.41) is 10.1. The van der Waals surface area contributed by atoms with E-state index in [1.165, 1.54) is 11.3 Å². The summed E-state index contributed by atoms with van der Waals surface area (Å²) in [5.74, 6) is 0.529. The van der Waals surface area contributed by atoms with Crippen LogP contribution in [0.25, 0.3) is 0 Å². The smallest absolute Gasteiger partial charge is 0.234 e. The molecule has 1 aromatic heterocycles. The first-order valence-electron chi connectivity index (χ1n) is 10.2. The molecule has 0 radical (unpaired) electrons. The predicted octanol–water partition coefficient (Wildman–Crippen LogP) is 6.51. The van der Waals surface area contributed by atoms with Crippen molar-refractivity contribution in [2.24, 2.45) is 5.41 Å². The Morgan fingerprint density at radius 1 is 1.23 bits per heavy atom. The van der Waals surface area contributed by atoms with Crippen molar-refractivity contribution < 1.29 is 9.59 Å². The zero-order valence-corrected chi connectivity index (χ0v) is 20.7. The molecule has 0 fully saturated rings. The molecule has 0 unspecified atom stereocenters. The number of carbonyl (C=O) groups is 2. The van der Waals surface area contributed by atoms with Crippen LogP contribution in [-0.2, 0) is 9.59 Å². The van der Waals surface area contributed by atoms with E-state index in [4.69, 9.17) is 23.2 Å². The van der Waals surface area contributed by atoms with Gasteiger partial charge < -0.3 is 0 Å². The van der Waals surface area contributed by atoms with Gasteiger partial charge >= 0.3 is 0 Å². The van der Waals surface area contributed by atoms with E-state index in [1.807, 2.05) is 6.07 Å². The summed E-state index contributed by atoms with van der Waals surface area (Å²) in [6.45, 7) is 6.22. The summed E-state index contributed by atoms with van der Waals surface area (Å²) < 4.78 is 0.830. The molecule has 164 valence electrons. The van der Waals surface area contributed by atoms with Crippen molar-refractivity contribution >= 4 is 63.1 Å². The normalized spacial score (nSPS) is 20.9. The maximum absolute atomic E-state index is 13.4. The molecule has 0 bridgehead atoms. The molecule has 1 aliphatic heterocycles. The van der Waals surface area contributed by atoms with Crippen LogP contribution in [-0.4, -0.2) is 27.6 Å². The van der Waals surface area contributed by atoms with Gasteiger partial charge in [0.2, 0.25) is 11.0 Å². The summed E-state index contributed by atoms with van der Waals surface area (Å²) in [5.41, 5.74) is 1.92. The molecule has 0 spiro atoms. The molecule has 0 saturated heterocycles. The van der Waals surface area contributed by atoms with Crippen molar-refractivity contribution in [3.63, 3.8) is 0 Å². The molecule has 4 rings (SSSR count). The number of ketones is 1. The van der Waals surface area contributed by atoms with E-state index < -0.39 is 0 Å². The number of amides is 1. The van der Waals surface area contributed by atoms with Crippen LogP contribution in [0.1, 0.15) is 57.9 Å². The molecule has 1 aliphatic carbocycles. The highest BCUT2D eigenvalue weighted by Gasteiger charge is 2.45. The zero-order valence-electron chi connectivity index (χ0n) is 17.6. The van der Waals surface area contributed by atoms with Gasteiger partial charge in [-0.25, -0.2) is 0 Å². The third-order valence-corrected chi connectivity index (χ3v) is 8.31. The van der Waals surface area contributed by atoms with Gasteiger partial charge in [-0.1, -0.05) is 73.1 Å². The van der Waals surface area contributed by atoms with Gasteiger partial charge in [-0.05, 0) is 36.0 Å². The lowest BCUT2D eigenvalue weighted by Crippen LogP contribution is -2.43. The maximum atomic E-state index is 13.4. The summed E-state index contributed by atoms with van der Waals surface area (Å²) >= 11 is 15.6. The van der Waals surface area contributed by atoms with Gasteiger partial charge in [0.25, 0.3) is 0 Å². The number of rotatable bonds is 5. The van der Waals surface area contributed by atoms with Crippen LogP contribution >= 0.6 is 46.3 Å². The number of thioether (sulfide) groups is 1. The predicted molar refractivity (Wildman–Crippen MR) is 127 cm³/mol. The molecule has 0 N–H and O–H groups in total. The number of nitrogens with zero attached hydrogens (tertiary/aromatic N) is 3. The highest BCUT2D eigenvalue weighted by Crippen LogP contribution is 2.49. The fraction of sp³-hybridized carbons (Fsp3) is 0.455. The third-order valence-electron chi connectivity index (χ3n) is 5.50. The number of Topliss-reactive ketones (excluding diaryl/α,β-unsaturated/α-hetero) is 1. The number of allylic oxidation sites excluding steroid dienone is 2. The summed E-state index contributed by atoms with van der Waals surface area (Å²) in [6.07, 6.45) is 2.23. The van der Waals surface area contributed by atoms with Crippen LogP contribution < -0.4 is 4.90 Å². The fourth-order valence-corrected chi connectivity index (χ4v) is 6.58. The van der Waals surface area contributed by atoms with Crippen LogP contribution in [0.4, 0.5) is 5.13 Å². The lowest BCUT2D eigenvalue weighted by molar-refractivity contribution is -0.121. The highest BCUT2D eigenvalue weighted by molar-refractivity contribution is 8.01. The standard InChI is InChI=1S/C22H23Cl2N3O2S2/c1-4-7-30-21-26-25-20(31-21)27-16-10-22(2,3)11-17(28)19(16)14(9-18(27)29)13-6-5-12(23)8-15(13)24/h5-6,8,14H,4,7,9-11H2,1-3H3/t14-/m0/s1. The maximum Gasteiger partial charge on any atom is 0.234 e. The van der Waals surface area contributed by atoms with E-state index in [2.05, 4.69) is 31.0 Å². The van der Waals surface area contributed by atoms with Crippen LogP contribution in [0.5, 0.6) is 0 Å². The number of anilines is 1. The van der Waals surface area contributed by atoms with Crippen molar-refractivity contribution in [3.05, 3.63) is 45.1 Å². The summed E-state index contributed by atoms with van der Waals surface area (Å²) in [6, 6.07) is 5.23. The van der Waals surface area contributed by atoms with Crippen molar-refractivity contribution in [1.82, 2.24) is 10.2 Å². The Bertz CT molecular complexity index is 1080. The first-order chi connectivity index (χ1) is 14.7. The number of benzene rings is 1. The molecule has 31 heavy (non-hydrogen) atoms. The molecule has 9 heteroatoms. The molecular formula is C22H23Cl2N3O2S2. The average Bonchev–Trinajstić information content (AvgIpc) is 3.13. The van der Waals surface area contributed by atoms with Crippen LogP contribution in [0.15, 0.2) is 33.8 Å². The average molecular weight is 496 g/mol. The SMILES string of the molecule is CCCSc1nnc(N2C(=O)C[C@@H](c3ccc(Cl)cc3Cl)C3=C2CC(C)(C)CC3=O)s1. The van der Waals surface area contributed by atoms with Crippen molar-refractivity contribution in [1.29, 1.82) is 0 Å². The number of hydrogen-bond acceptors (Lipinski definition) is 6. The Balaban J connectivity index is 1.83. The number of carbonyl (C=O) groups excluding carboxylic acids is 2. The Kier molecular flexibility index (Phi) is 6.50. The van der Waals surface area contributed by atoms with E-state index >= 15 is 0 Å². The van der Waals surface area contributed by atoms with Crippen molar-refractivity contribution in [3.8, 4) is 0 Å².